The van der Waals surface area contributed by atoms with E-state index in [2.05, 4.69) is 16.9 Å². The van der Waals surface area contributed by atoms with E-state index >= 15 is 0 Å². The number of hydrogen-bond acceptors (Lipinski definition) is 3. The number of rotatable bonds is 4. The molecule has 0 saturated heterocycles. The summed E-state index contributed by atoms with van der Waals surface area (Å²) in [6.45, 7) is 4.05. The minimum absolute atomic E-state index is 0.174. The van der Waals surface area contributed by atoms with Crippen molar-refractivity contribution in [1.82, 2.24) is 5.43 Å². The quantitative estimate of drug-likeness (QED) is 0.660. The van der Waals surface area contributed by atoms with Crippen molar-refractivity contribution in [3.63, 3.8) is 0 Å². The number of benzene rings is 1. The van der Waals surface area contributed by atoms with Crippen LogP contribution in [0.2, 0.25) is 0 Å². The van der Waals surface area contributed by atoms with Gasteiger partial charge >= 0.3 is 0 Å². The van der Waals surface area contributed by atoms with Gasteiger partial charge in [-0.15, -0.1) is 11.3 Å². The molecular weight excluding hydrogens is 256 g/mol. The standard InChI is InChI=1S/C15H16N2OS/c1-11-8-12(2)10-13(9-11)16-17-15(18)6-5-14-4-3-7-19-14/h3-10,16H,1-2H3,(H,17,18)/b6-5+. The molecule has 4 heteroatoms. The minimum Gasteiger partial charge on any atom is -0.298 e. The summed E-state index contributed by atoms with van der Waals surface area (Å²) in [6.07, 6.45) is 3.31. The fourth-order valence-corrected chi connectivity index (χ4v) is 2.38. The molecule has 0 unspecified atom stereocenters. The summed E-state index contributed by atoms with van der Waals surface area (Å²) in [5, 5.41) is 1.98. The van der Waals surface area contributed by atoms with Crippen LogP contribution in [0, 0.1) is 13.8 Å². The Morgan fingerprint density at radius 3 is 2.58 bits per heavy atom. The van der Waals surface area contributed by atoms with E-state index in [1.54, 1.807) is 17.4 Å². The van der Waals surface area contributed by atoms with Gasteiger partial charge in [0.1, 0.15) is 0 Å². The molecule has 1 amide bonds. The van der Waals surface area contributed by atoms with Crippen LogP contribution in [0.1, 0.15) is 16.0 Å². The van der Waals surface area contributed by atoms with Gasteiger partial charge in [0.05, 0.1) is 5.69 Å². The topological polar surface area (TPSA) is 41.1 Å². The fourth-order valence-electron chi connectivity index (χ4n) is 1.77. The molecule has 1 heterocycles. The molecule has 1 aromatic heterocycles. The van der Waals surface area contributed by atoms with Crippen LogP contribution in [-0.4, -0.2) is 5.91 Å². The average Bonchev–Trinajstić information content (AvgIpc) is 2.86. The third-order valence-electron chi connectivity index (χ3n) is 2.49. The lowest BCUT2D eigenvalue weighted by Crippen LogP contribution is -2.27. The van der Waals surface area contributed by atoms with Crippen LogP contribution in [0.4, 0.5) is 5.69 Å². The largest absolute Gasteiger partial charge is 0.298 e. The highest BCUT2D eigenvalue weighted by atomic mass is 32.1. The number of nitrogens with one attached hydrogen (secondary N) is 2. The number of carbonyl (C=O) groups is 1. The molecule has 0 atom stereocenters. The Labute approximate surface area is 116 Å². The molecule has 2 rings (SSSR count). The van der Waals surface area contributed by atoms with E-state index in [9.17, 15) is 4.79 Å². The first-order valence-electron chi connectivity index (χ1n) is 5.99. The lowest BCUT2D eigenvalue weighted by molar-refractivity contribution is -0.115. The predicted molar refractivity (Wildman–Crippen MR) is 81.0 cm³/mol. The second-order valence-electron chi connectivity index (χ2n) is 4.34. The van der Waals surface area contributed by atoms with Crippen molar-refractivity contribution in [2.45, 2.75) is 13.8 Å². The van der Waals surface area contributed by atoms with E-state index in [1.807, 2.05) is 43.5 Å². The fraction of sp³-hybridized carbons (Fsp3) is 0.133. The molecule has 1 aromatic carbocycles. The number of aryl methyl sites for hydroxylation is 2. The molecule has 98 valence electrons. The van der Waals surface area contributed by atoms with Crippen LogP contribution in [-0.2, 0) is 4.79 Å². The van der Waals surface area contributed by atoms with Gasteiger partial charge in [-0.2, -0.15) is 0 Å². The van der Waals surface area contributed by atoms with Gasteiger partial charge in [-0.25, -0.2) is 0 Å². The van der Waals surface area contributed by atoms with Crippen molar-refractivity contribution < 1.29 is 4.79 Å². The Bertz CT molecular complexity index is 568. The first-order valence-corrected chi connectivity index (χ1v) is 6.87. The van der Waals surface area contributed by atoms with Gasteiger partial charge in [-0.05, 0) is 54.6 Å². The molecule has 19 heavy (non-hydrogen) atoms. The SMILES string of the molecule is Cc1cc(C)cc(NNC(=O)/C=C/c2cccs2)c1. The molecule has 0 aliphatic carbocycles. The highest BCUT2D eigenvalue weighted by molar-refractivity contribution is 7.10. The first-order chi connectivity index (χ1) is 9.13. The Morgan fingerprint density at radius 1 is 1.21 bits per heavy atom. The number of hydrogen-bond donors (Lipinski definition) is 2. The molecule has 0 spiro atoms. The Kier molecular flexibility index (Phi) is 4.36. The molecule has 0 bridgehead atoms. The second-order valence-corrected chi connectivity index (χ2v) is 5.32. The van der Waals surface area contributed by atoms with E-state index in [1.165, 1.54) is 6.08 Å². The zero-order valence-electron chi connectivity index (χ0n) is 10.9. The van der Waals surface area contributed by atoms with E-state index in [0.29, 0.717) is 0 Å². The molecule has 3 nitrogen and oxygen atoms in total. The summed E-state index contributed by atoms with van der Waals surface area (Å²) >= 11 is 1.60. The van der Waals surface area contributed by atoms with Crippen LogP contribution >= 0.6 is 11.3 Å². The third-order valence-corrected chi connectivity index (χ3v) is 3.33. The molecule has 0 aliphatic heterocycles. The highest BCUT2D eigenvalue weighted by Crippen LogP contribution is 2.13. The second kappa shape index (κ2) is 6.20. The number of hydrazine groups is 1. The lowest BCUT2D eigenvalue weighted by atomic mass is 10.1. The maximum atomic E-state index is 11.6. The zero-order chi connectivity index (χ0) is 13.7. The van der Waals surface area contributed by atoms with Gasteiger partial charge in [0, 0.05) is 11.0 Å². The Hall–Kier alpha value is -2.07. The van der Waals surface area contributed by atoms with Crippen molar-refractivity contribution in [2.24, 2.45) is 0 Å². The predicted octanol–water partition coefficient (Wildman–Crippen LogP) is 3.52. The van der Waals surface area contributed by atoms with Gasteiger partial charge in [0.15, 0.2) is 0 Å². The van der Waals surface area contributed by atoms with E-state index < -0.39 is 0 Å². The molecule has 0 fully saturated rings. The van der Waals surface area contributed by atoms with Crippen molar-refractivity contribution in [2.75, 3.05) is 5.43 Å². The average molecular weight is 272 g/mol. The number of thiophene rings is 1. The van der Waals surface area contributed by atoms with Gasteiger partial charge in [-0.3, -0.25) is 15.6 Å². The van der Waals surface area contributed by atoms with Gasteiger partial charge < -0.3 is 0 Å². The summed E-state index contributed by atoms with van der Waals surface area (Å²) in [4.78, 5) is 12.7. The number of anilines is 1. The van der Waals surface area contributed by atoms with Crippen LogP contribution in [0.25, 0.3) is 6.08 Å². The van der Waals surface area contributed by atoms with Crippen molar-refractivity contribution in [3.05, 3.63) is 57.8 Å². The zero-order valence-corrected chi connectivity index (χ0v) is 11.8. The maximum Gasteiger partial charge on any atom is 0.262 e. The highest BCUT2D eigenvalue weighted by Gasteiger charge is 1.97. The monoisotopic (exact) mass is 272 g/mol. The number of carbonyl (C=O) groups excluding carboxylic acids is 1. The number of amides is 1. The lowest BCUT2D eigenvalue weighted by Gasteiger charge is -2.08. The van der Waals surface area contributed by atoms with Crippen LogP contribution in [0.5, 0.6) is 0 Å². The summed E-state index contributed by atoms with van der Waals surface area (Å²) in [5.74, 6) is -0.174. The Morgan fingerprint density at radius 2 is 1.95 bits per heavy atom. The maximum absolute atomic E-state index is 11.6. The van der Waals surface area contributed by atoms with E-state index in [-0.39, 0.29) is 5.91 Å². The van der Waals surface area contributed by atoms with Gasteiger partial charge in [0.2, 0.25) is 0 Å². The minimum atomic E-state index is -0.174. The summed E-state index contributed by atoms with van der Waals surface area (Å²) < 4.78 is 0. The van der Waals surface area contributed by atoms with E-state index in [0.717, 1.165) is 21.7 Å². The van der Waals surface area contributed by atoms with Crippen LogP contribution in [0.3, 0.4) is 0 Å². The Balaban J connectivity index is 1.89. The molecule has 2 aromatic rings. The normalized spacial score (nSPS) is 10.6. The smallest absolute Gasteiger partial charge is 0.262 e. The molecule has 0 saturated carbocycles. The van der Waals surface area contributed by atoms with Crippen molar-refractivity contribution in [1.29, 1.82) is 0 Å². The van der Waals surface area contributed by atoms with Crippen LogP contribution in [0.15, 0.2) is 41.8 Å². The molecule has 0 aliphatic rings. The van der Waals surface area contributed by atoms with Gasteiger partial charge in [0.25, 0.3) is 5.91 Å². The van der Waals surface area contributed by atoms with E-state index in [4.69, 9.17) is 0 Å². The third kappa shape index (κ3) is 4.26. The summed E-state index contributed by atoms with van der Waals surface area (Å²) in [7, 11) is 0. The first kappa shape index (κ1) is 13.4. The van der Waals surface area contributed by atoms with Crippen molar-refractivity contribution >= 4 is 29.0 Å². The van der Waals surface area contributed by atoms with Gasteiger partial charge in [-0.1, -0.05) is 12.1 Å². The summed E-state index contributed by atoms with van der Waals surface area (Å²) in [6, 6.07) is 9.97. The molecular formula is C15H16N2OS. The van der Waals surface area contributed by atoms with Crippen LogP contribution < -0.4 is 10.9 Å². The van der Waals surface area contributed by atoms with Crippen molar-refractivity contribution in [3.8, 4) is 0 Å². The molecule has 2 N–H and O–H groups in total. The summed E-state index contributed by atoms with van der Waals surface area (Å²) in [5.41, 5.74) is 8.75. The molecule has 0 radical (unpaired) electrons.